The number of fused-ring (bicyclic) bond motifs is 2. The summed E-state index contributed by atoms with van der Waals surface area (Å²) in [7, 11) is 0. The summed E-state index contributed by atoms with van der Waals surface area (Å²) in [5.41, 5.74) is -0.392. The molecule has 2 fully saturated rings. The van der Waals surface area contributed by atoms with Crippen molar-refractivity contribution in [2.24, 2.45) is 17.8 Å². The standard InChI is InChI=1S/C14H18O4/c1-4-5-6-17-13(16)11-9(2)7-14(3)8-10(11)12(15)18-14/h1,9-11H,5-8H2,2-3H3. The summed E-state index contributed by atoms with van der Waals surface area (Å²) in [5, 5.41) is 0. The zero-order valence-electron chi connectivity index (χ0n) is 10.8. The van der Waals surface area contributed by atoms with Crippen molar-refractivity contribution in [2.45, 2.75) is 38.7 Å². The van der Waals surface area contributed by atoms with Gasteiger partial charge in [-0.3, -0.25) is 9.59 Å². The third kappa shape index (κ3) is 2.22. The maximum atomic E-state index is 12.0. The first kappa shape index (κ1) is 12.9. The van der Waals surface area contributed by atoms with Crippen molar-refractivity contribution >= 4 is 11.9 Å². The molecule has 1 heterocycles. The summed E-state index contributed by atoms with van der Waals surface area (Å²) in [5.74, 6) is 1.20. The lowest BCUT2D eigenvalue weighted by Gasteiger charge is -2.34. The Balaban J connectivity index is 2.06. The Kier molecular flexibility index (Phi) is 3.34. The molecule has 4 unspecified atom stereocenters. The topological polar surface area (TPSA) is 52.6 Å². The molecule has 18 heavy (non-hydrogen) atoms. The molecule has 1 aliphatic carbocycles. The number of terminal acetylenes is 1. The van der Waals surface area contributed by atoms with Crippen molar-refractivity contribution in [1.82, 2.24) is 0 Å². The van der Waals surface area contributed by atoms with Crippen LogP contribution in [0.4, 0.5) is 0 Å². The third-order valence-electron chi connectivity index (χ3n) is 3.86. The van der Waals surface area contributed by atoms with E-state index in [1.54, 1.807) is 0 Å². The number of carbonyl (C=O) groups excluding carboxylic acids is 2. The van der Waals surface area contributed by atoms with E-state index in [0.29, 0.717) is 19.3 Å². The minimum atomic E-state index is -0.392. The van der Waals surface area contributed by atoms with Gasteiger partial charge in [0.15, 0.2) is 0 Å². The van der Waals surface area contributed by atoms with Gasteiger partial charge in [0.1, 0.15) is 12.2 Å². The van der Waals surface area contributed by atoms with Crippen molar-refractivity contribution in [3.05, 3.63) is 0 Å². The smallest absolute Gasteiger partial charge is 0.310 e. The molecule has 1 aliphatic heterocycles. The van der Waals surface area contributed by atoms with Crippen LogP contribution >= 0.6 is 0 Å². The Morgan fingerprint density at radius 3 is 3.00 bits per heavy atom. The summed E-state index contributed by atoms with van der Waals surface area (Å²) < 4.78 is 10.5. The second-order valence-electron chi connectivity index (χ2n) is 5.51. The molecule has 4 nitrogen and oxygen atoms in total. The molecule has 0 radical (unpaired) electrons. The van der Waals surface area contributed by atoms with Gasteiger partial charge in [-0.1, -0.05) is 6.92 Å². The molecule has 0 aromatic heterocycles. The van der Waals surface area contributed by atoms with E-state index in [1.807, 2.05) is 13.8 Å². The van der Waals surface area contributed by atoms with Crippen LogP contribution in [0.2, 0.25) is 0 Å². The van der Waals surface area contributed by atoms with Gasteiger partial charge in [0, 0.05) is 12.8 Å². The predicted octanol–water partition coefficient (Wildman–Crippen LogP) is 1.53. The Bertz CT molecular complexity index is 409. The van der Waals surface area contributed by atoms with E-state index in [2.05, 4.69) is 5.92 Å². The molecule has 0 aromatic carbocycles. The van der Waals surface area contributed by atoms with Crippen LogP contribution in [0, 0.1) is 30.1 Å². The molecule has 2 aliphatic rings. The van der Waals surface area contributed by atoms with Crippen molar-refractivity contribution in [2.75, 3.05) is 6.61 Å². The predicted molar refractivity (Wildman–Crippen MR) is 64.3 cm³/mol. The zero-order valence-corrected chi connectivity index (χ0v) is 10.8. The first-order chi connectivity index (χ1) is 8.47. The number of carbonyl (C=O) groups is 2. The largest absolute Gasteiger partial charge is 0.464 e. The molecule has 0 N–H and O–H groups in total. The minimum Gasteiger partial charge on any atom is -0.464 e. The van der Waals surface area contributed by atoms with E-state index in [4.69, 9.17) is 15.9 Å². The molecule has 1 saturated carbocycles. The average molecular weight is 250 g/mol. The summed E-state index contributed by atoms with van der Waals surface area (Å²) in [6.45, 7) is 4.12. The van der Waals surface area contributed by atoms with Gasteiger partial charge in [-0.05, 0) is 19.3 Å². The van der Waals surface area contributed by atoms with Gasteiger partial charge in [0.25, 0.3) is 0 Å². The number of rotatable bonds is 3. The van der Waals surface area contributed by atoms with Crippen LogP contribution in [0.5, 0.6) is 0 Å². The Morgan fingerprint density at radius 1 is 1.61 bits per heavy atom. The van der Waals surface area contributed by atoms with Crippen molar-refractivity contribution in [1.29, 1.82) is 0 Å². The fourth-order valence-electron chi connectivity index (χ4n) is 3.22. The second kappa shape index (κ2) is 4.64. The second-order valence-corrected chi connectivity index (χ2v) is 5.51. The lowest BCUT2D eigenvalue weighted by atomic mass is 9.69. The molecule has 0 amide bonds. The van der Waals surface area contributed by atoms with Crippen LogP contribution in [-0.4, -0.2) is 24.1 Å². The van der Waals surface area contributed by atoms with Crippen LogP contribution in [0.25, 0.3) is 0 Å². The highest BCUT2D eigenvalue weighted by Gasteiger charge is 2.56. The third-order valence-corrected chi connectivity index (χ3v) is 3.86. The SMILES string of the molecule is C#CCCOC(=O)C1C(C)CC2(C)CC1C(=O)O2. The molecule has 2 bridgehead atoms. The monoisotopic (exact) mass is 250 g/mol. The normalized spacial score (nSPS) is 37.8. The molecule has 2 rings (SSSR count). The highest BCUT2D eigenvalue weighted by molar-refractivity contribution is 5.84. The molecule has 4 atom stereocenters. The van der Waals surface area contributed by atoms with E-state index in [0.717, 1.165) is 0 Å². The lowest BCUT2D eigenvalue weighted by molar-refractivity contribution is -0.156. The Morgan fingerprint density at radius 2 is 2.33 bits per heavy atom. The maximum Gasteiger partial charge on any atom is 0.310 e. The van der Waals surface area contributed by atoms with Crippen LogP contribution in [0.1, 0.15) is 33.1 Å². The van der Waals surface area contributed by atoms with Gasteiger partial charge in [0.2, 0.25) is 0 Å². The van der Waals surface area contributed by atoms with Crippen molar-refractivity contribution in [3.8, 4) is 12.3 Å². The number of hydrogen-bond donors (Lipinski definition) is 0. The molecule has 0 spiro atoms. The van der Waals surface area contributed by atoms with Crippen molar-refractivity contribution < 1.29 is 19.1 Å². The Hall–Kier alpha value is -1.50. The van der Waals surface area contributed by atoms with Gasteiger partial charge in [-0.15, -0.1) is 12.3 Å². The molecule has 98 valence electrons. The molecule has 1 saturated heterocycles. The van der Waals surface area contributed by atoms with E-state index in [9.17, 15) is 9.59 Å². The van der Waals surface area contributed by atoms with Crippen LogP contribution in [-0.2, 0) is 19.1 Å². The zero-order chi connectivity index (χ0) is 13.3. The van der Waals surface area contributed by atoms with Crippen LogP contribution in [0.3, 0.4) is 0 Å². The fourth-order valence-corrected chi connectivity index (χ4v) is 3.22. The van der Waals surface area contributed by atoms with Crippen LogP contribution < -0.4 is 0 Å². The summed E-state index contributed by atoms with van der Waals surface area (Å²) in [6, 6.07) is 0. The highest BCUT2D eigenvalue weighted by Crippen LogP contribution is 2.48. The summed E-state index contributed by atoms with van der Waals surface area (Å²) >= 11 is 0. The quantitative estimate of drug-likeness (QED) is 0.433. The average Bonchev–Trinajstić information content (AvgIpc) is 2.50. The first-order valence-corrected chi connectivity index (χ1v) is 6.30. The van der Waals surface area contributed by atoms with Gasteiger partial charge in [-0.2, -0.15) is 0 Å². The van der Waals surface area contributed by atoms with Crippen molar-refractivity contribution in [3.63, 3.8) is 0 Å². The van der Waals surface area contributed by atoms with Gasteiger partial charge < -0.3 is 9.47 Å². The maximum absolute atomic E-state index is 12.0. The fraction of sp³-hybridized carbons (Fsp3) is 0.714. The molecular formula is C14H18O4. The van der Waals surface area contributed by atoms with Crippen LogP contribution in [0.15, 0.2) is 0 Å². The van der Waals surface area contributed by atoms with E-state index in [-0.39, 0.29) is 36.3 Å². The summed E-state index contributed by atoms with van der Waals surface area (Å²) in [6.07, 6.45) is 6.84. The van der Waals surface area contributed by atoms with Gasteiger partial charge in [-0.25, -0.2) is 0 Å². The molecule has 4 heteroatoms. The summed E-state index contributed by atoms with van der Waals surface area (Å²) in [4.78, 5) is 23.8. The van der Waals surface area contributed by atoms with Gasteiger partial charge >= 0.3 is 11.9 Å². The number of esters is 2. The highest BCUT2D eigenvalue weighted by atomic mass is 16.6. The number of ether oxygens (including phenoxy) is 2. The molecule has 0 aromatic rings. The van der Waals surface area contributed by atoms with E-state index >= 15 is 0 Å². The molecular weight excluding hydrogens is 232 g/mol. The number of hydrogen-bond acceptors (Lipinski definition) is 4. The van der Waals surface area contributed by atoms with E-state index in [1.165, 1.54) is 0 Å². The Labute approximate surface area is 107 Å². The minimum absolute atomic E-state index is 0.0959. The van der Waals surface area contributed by atoms with Gasteiger partial charge in [0.05, 0.1) is 11.8 Å². The lowest BCUT2D eigenvalue weighted by Crippen LogP contribution is -2.40. The first-order valence-electron chi connectivity index (χ1n) is 6.30. The van der Waals surface area contributed by atoms with E-state index < -0.39 is 5.60 Å².